The summed E-state index contributed by atoms with van der Waals surface area (Å²) in [7, 11) is 0. The van der Waals surface area contributed by atoms with Gasteiger partial charge in [0.1, 0.15) is 11.2 Å². The molecule has 1 N–H and O–H groups in total. The lowest BCUT2D eigenvalue weighted by molar-refractivity contribution is -0.497. The quantitative estimate of drug-likeness (QED) is 0.413. The first-order valence-corrected chi connectivity index (χ1v) is 12.9. The highest BCUT2D eigenvalue weighted by atomic mass is 17.2. The van der Waals surface area contributed by atoms with Gasteiger partial charge in [-0.1, -0.05) is 60.0 Å². The second kappa shape index (κ2) is 7.06. The molecule has 2 bridgehead atoms. The summed E-state index contributed by atoms with van der Waals surface area (Å²) in [6, 6.07) is 0. The topological polar surface area (TPSA) is 38.7 Å². The molecule has 2 aliphatic heterocycles. The molecule has 9 atom stereocenters. The van der Waals surface area contributed by atoms with E-state index in [2.05, 4.69) is 46.8 Å². The zero-order valence-electron chi connectivity index (χ0n) is 20.0. The van der Waals surface area contributed by atoms with E-state index in [0.717, 1.165) is 30.6 Å². The lowest BCUT2D eigenvalue weighted by Crippen LogP contribution is -2.73. The fourth-order valence-electron chi connectivity index (χ4n) is 9.12. The minimum atomic E-state index is -0.424. The third-order valence-corrected chi connectivity index (χ3v) is 10.8. The van der Waals surface area contributed by atoms with Crippen LogP contribution in [0, 0.1) is 40.4 Å². The molecule has 0 radical (unpaired) electrons. The second-order valence-electron chi connectivity index (χ2n) is 12.7. The molecule has 0 aromatic rings. The average molecular weight is 417 g/mol. The van der Waals surface area contributed by atoms with E-state index < -0.39 is 5.60 Å². The molecule has 4 aliphatic carbocycles. The van der Waals surface area contributed by atoms with Gasteiger partial charge in [0, 0.05) is 23.7 Å². The molecule has 0 aromatic carbocycles. The number of hydrogen-bond donors (Lipinski definition) is 1. The van der Waals surface area contributed by atoms with Crippen molar-refractivity contribution < 1.29 is 14.9 Å². The highest BCUT2D eigenvalue weighted by Crippen LogP contribution is 2.72. The highest BCUT2D eigenvalue weighted by Gasteiger charge is 2.74. The third kappa shape index (κ3) is 2.73. The molecule has 1 saturated heterocycles. The van der Waals surface area contributed by atoms with Gasteiger partial charge < -0.3 is 5.11 Å². The molecule has 0 aromatic heterocycles. The largest absolute Gasteiger partial charge is 0.393 e. The van der Waals surface area contributed by atoms with Crippen molar-refractivity contribution in [3.8, 4) is 0 Å². The molecule has 6 rings (SSSR count). The molecular weight excluding hydrogens is 372 g/mol. The standard InChI is InChI=1S/C27H44O3/c1-18(2)7-6-8-19(3)21-9-10-22-24(21,4)13-12-23-25(5)14-11-20(28)17-26(25)15-16-27(22,23)30-29-26/h15-16,18-23,28H,6-14,17H2,1-5H3. The van der Waals surface area contributed by atoms with Gasteiger partial charge in [0.15, 0.2) is 0 Å². The molecule has 30 heavy (non-hydrogen) atoms. The molecule has 170 valence electrons. The maximum absolute atomic E-state index is 10.4. The molecule has 6 aliphatic rings. The zero-order valence-corrected chi connectivity index (χ0v) is 20.0. The summed E-state index contributed by atoms with van der Waals surface area (Å²) >= 11 is 0. The van der Waals surface area contributed by atoms with Crippen LogP contribution in [0.15, 0.2) is 12.2 Å². The Hall–Kier alpha value is -0.380. The van der Waals surface area contributed by atoms with Gasteiger partial charge in [0.2, 0.25) is 0 Å². The molecule has 0 amide bonds. The summed E-state index contributed by atoms with van der Waals surface area (Å²) in [5.74, 6) is 3.48. The van der Waals surface area contributed by atoms with Crippen LogP contribution in [0.5, 0.6) is 0 Å². The summed E-state index contributed by atoms with van der Waals surface area (Å²) in [5.41, 5.74) is -0.240. The zero-order chi connectivity index (χ0) is 21.4. The first-order valence-electron chi connectivity index (χ1n) is 12.9. The Kier molecular flexibility index (Phi) is 5.05. The predicted octanol–water partition coefficient (Wildman–Crippen LogP) is 6.45. The SMILES string of the molecule is CC(C)CCCC(C)C1CCC2C1(C)CCC1C23C=CC2(CC(O)CCC12C)OO3. The Bertz CT molecular complexity index is 702. The summed E-state index contributed by atoms with van der Waals surface area (Å²) < 4.78 is 0. The van der Waals surface area contributed by atoms with Crippen molar-refractivity contribution in [3.05, 3.63) is 12.2 Å². The maximum atomic E-state index is 10.4. The van der Waals surface area contributed by atoms with Gasteiger partial charge in [-0.15, -0.1) is 0 Å². The number of aliphatic hydroxyl groups is 1. The lowest BCUT2D eigenvalue weighted by atomic mass is 9.42. The van der Waals surface area contributed by atoms with E-state index >= 15 is 0 Å². The minimum Gasteiger partial charge on any atom is -0.393 e. The molecule has 2 spiro atoms. The minimum absolute atomic E-state index is 0.0848. The monoisotopic (exact) mass is 416 g/mol. The normalized spacial score (nSPS) is 52.8. The Morgan fingerprint density at radius 1 is 0.933 bits per heavy atom. The van der Waals surface area contributed by atoms with Crippen LogP contribution in [0.3, 0.4) is 0 Å². The first-order chi connectivity index (χ1) is 14.2. The molecule has 3 nitrogen and oxygen atoms in total. The van der Waals surface area contributed by atoms with Crippen LogP contribution in [-0.4, -0.2) is 22.4 Å². The molecule has 9 unspecified atom stereocenters. The average Bonchev–Trinajstić information content (AvgIpc) is 3.05. The van der Waals surface area contributed by atoms with Crippen molar-refractivity contribution in [2.45, 2.75) is 116 Å². The van der Waals surface area contributed by atoms with Crippen LogP contribution in [0.2, 0.25) is 0 Å². The van der Waals surface area contributed by atoms with Crippen molar-refractivity contribution in [1.82, 2.24) is 0 Å². The van der Waals surface area contributed by atoms with Gasteiger partial charge in [-0.2, -0.15) is 0 Å². The van der Waals surface area contributed by atoms with E-state index in [1.165, 1.54) is 44.9 Å². The maximum Gasteiger partial charge on any atom is 0.130 e. The van der Waals surface area contributed by atoms with Crippen LogP contribution < -0.4 is 0 Å². The second-order valence-corrected chi connectivity index (χ2v) is 12.7. The van der Waals surface area contributed by atoms with E-state index in [9.17, 15) is 5.11 Å². The molecule has 3 saturated carbocycles. The van der Waals surface area contributed by atoms with Gasteiger partial charge in [0.05, 0.1) is 6.10 Å². The molecule has 3 heteroatoms. The Morgan fingerprint density at radius 3 is 2.43 bits per heavy atom. The van der Waals surface area contributed by atoms with Crippen LogP contribution in [0.25, 0.3) is 0 Å². The third-order valence-electron chi connectivity index (χ3n) is 10.8. The van der Waals surface area contributed by atoms with E-state index in [1.807, 2.05) is 0 Å². The van der Waals surface area contributed by atoms with E-state index in [0.29, 0.717) is 23.7 Å². The van der Waals surface area contributed by atoms with Gasteiger partial charge in [-0.3, -0.25) is 0 Å². The Balaban J connectivity index is 1.42. The van der Waals surface area contributed by atoms with Crippen LogP contribution in [0.1, 0.15) is 98.8 Å². The van der Waals surface area contributed by atoms with Crippen LogP contribution in [0.4, 0.5) is 0 Å². The number of hydrogen-bond acceptors (Lipinski definition) is 3. The van der Waals surface area contributed by atoms with Gasteiger partial charge in [-0.25, -0.2) is 9.78 Å². The van der Waals surface area contributed by atoms with Crippen molar-refractivity contribution in [1.29, 1.82) is 0 Å². The predicted molar refractivity (Wildman–Crippen MR) is 120 cm³/mol. The fraction of sp³-hybridized carbons (Fsp3) is 0.926. The Morgan fingerprint density at radius 2 is 1.73 bits per heavy atom. The molecule has 2 heterocycles. The van der Waals surface area contributed by atoms with Gasteiger partial charge in [0.25, 0.3) is 0 Å². The number of fused-ring (bicyclic) bond motifs is 2. The Labute approximate surface area is 183 Å². The van der Waals surface area contributed by atoms with Crippen LogP contribution >= 0.6 is 0 Å². The number of rotatable bonds is 5. The van der Waals surface area contributed by atoms with E-state index in [1.54, 1.807) is 0 Å². The smallest absolute Gasteiger partial charge is 0.130 e. The lowest BCUT2D eigenvalue weighted by Gasteiger charge is -2.69. The van der Waals surface area contributed by atoms with Crippen molar-refractivity contribution in [2.24, 2.45) is 40.4 Å². The molecule has 4 fully saturated rings. The van der Waals surface area contributed by atoms with Crippen molar-refractivity contribution >= 4 is 0 Å². The number of aliphatic hydroxyl groups excluding tert-OH is 1. The van der Waals surface area contributed by atoms with Crippen molar-refractivity contribution in [2.75, 3.05) is 0 Å². The van der Waals surface area contributed by atoms with Crippen molar-refractivity contribution in [3.63, 3.8) is 0 Å². The summed E-state index contributed by atoms with van der Waals surface area (Å²) in [4.78, 5) is 12.8. The first kappa shape index (κ1) is 21.5. The van der Waals surface area contributed by atoms with Gasteiger partial charge in [-0.05, 0) is 67.8 Å². The highest BCUT2D eigenvalue weighted by molar-refractivity contribution is 5.33. The summed E-state index contributed by atoms with van der Waals surface area (Å²) in [5, 5.41) is 10.4. The summed E-state index contributed by atoms with van der Waals surface area (Å²) in [6.07, 6.45) is 16.4. The van der Waals surface area contributed by atoms with Gasteiger partial charge >= 0.3 is 0 Å². The van der Waals surface area contributed by atoms with Crippen LogP contribution in [-0.2, 0) is 9.78 Å². The summed E-state index contributed by atoms with van der Waals surface area (Å²) in [6.45, 7) is 12.2. The van der Waals surface area contributed by atoms with E-state index in [-0.39, 0.29) is 17.1 Å². The van der Waals surface area contributed by atoms with E-state index in [4.69, 9.17) is 9.78 Å². The molecular formula is C27H44O3. The fourth-order valence-corrected chi connectivity index (χ4v) is 9.12.